The van der Waals surface area contributed by atoms with Crippen LogP contribution >= 0.6 is 29.7 Å². The Bertz CT molecular complexity index is 456. The summed E-state index contributed by atoms with van der Waals surface area (Å²) in [6.45, 7) is 5.97. The lowest BCUT2D eigenvalue weighted by Crippen LogP contribution is -2.39. The number of alkyl halides is 1. The van der Waals surface area contributed by atoms with E-state index in [0.29, 0.717) is 24.8 Å². The average Bonchev–Trinajstić information content (AvgIpc) is 2.68. The van der Waals surface area contributed by atoms with Crippen molar-refractivity contribution in [2.24, 2.45) is 5.92 Å². The highest BCUT2D eigenvalue weighted by atomic mass is 35.5. The van der Waals surface area contributed by atoms with Gasteiger partial charge in [0.25, 0.3) is 0 Å². The van der Waals surface area contributed by atoms with Gasteiger partial charge in [-0.3, -0.25) is 4.57 Å². The quantitative estimate of drug-likeness (QED) is 0.119. The maximum Gasteiger partial charge on any atom is 0.357 e. The molecule has 174 valence electrons. The lowest BCUT2D eigenvalue weighted by Gasteiger charge is -2.30. The minimum absolute atomic E-state index is 0.216. The summed E-state index contributed by atoms with van der Waals surface area (Å²) in [5.41, 5.74) is 0. The Labute approximate surface area is 188 Å². The van der Waals surface area contributed by atoms with E-state index >= 15 is 0 Å². The van der Waals surface area contributed by atoms with Crippen LogP contribution in [0, 0.1) is 5.92 Å². The number of hydrogen-bond acceptors (Lipinski definition) is 4. The van der Waals surface area contributed by atoms with Gasteiger partial charge >= 0.3 is 12.8 Å². The van der Waals surface area contributed by atoms with Crippen LogP contribution in [-0.4, -0.2) is 42.0 Å². The summed E-state index contributed by atoms with van der Waals surface area (Å²) >= 11 is 7.11. The molecule has 0 saturated heterocycles. The number of carbonyl (C=O) groups is 1. The van der Waals surface area contributed by atoms with Crippen LogP contribution in [0.25, 0.3) is 0 Å². The molecule has 0 aliphatic heterocycles. The maximum atomic E-state index is 13.3. The van der Waals surface area contributed by atoms with Crippen LogP contribution in [0.5, 0.6) is 0 Å². The summed E-state index contributed by atoms with van der Waals surface area (Å²) in [7, 11) is 0. The third-order valence-electron chi connectivity index (χ3n) is 4.50. The third kappa shape index (κ3) is 14.7. The van der Waals surface area contributed by atoms with Crippen molar-refractivity contribution in [2.75, 3.05) is 31.3 Å². The van der Waals surface area contributed by atoms with E-state index in [2.05, 4.69) is 26.1 Å². The van der Waals surface area contributed by atoms with Crippen LogP contribution < -0.4 is 5.32 Å². The zero-order valence-electron chi connectivity index (χ0n) is 19.1. The number of hydrogen-bond donors (Lipinski definition) is 1. The van der Waals surface area contributed by atoms with Gasteiger partial charge in [-0.15, -0.1) is 11.6 Å². The first-order valence-electron chi connectivity index (χ1n) is 11.4. The van der Waals surface area contributed by atoms with Gasteiger partial charge in [0.1, 0.15) is 0 Å². The van der Waals surface area contributed by atoms with Crippen molar-refractivity contribution in [1.29, 1.82) is 0 Å². The van der Waals surface area contributed by atoms with E-state index in [0.717, 1.165) is 12.8 Å². The summed E-state index contributed by atoms with van der Waals surface area (Å²) in [5, 5.41) is 2.91. The van der Waals surface area contributed by atoms with E-state index < -0.39 is 6.72 Å². The molecule has 0 heterocycles. The second-order valence-corrected chi connectivity index (χ2v) is 12.6. The Balaban J connectivity index is 4.24. The predicted octanol–water partition coefficient (Wildman–Crippen LogP) is 7.69. The molecule has 5 nitrogen and oxygen atoms in total. The molecule has 0 fully saturated rings. The van der Waals surface area contributed by atoms with Gasteiger partial charge in [0.05, 0.1) is 6.61 Å². The largest absolute Gasteiger partial charge is 0.357 e. The molecule has 2 amide bonds. The summed E-state index contributed by atoms with van der Waals surface area (Å²) in [6, 6.07) is -0.338. The maximum absolute atomic E-state index is 13.3. The lowest BCUT2D eigenvalue weighted by molar-refractivity contribution is 0.216. The topological polar surface area (TPSA) is 58.6 Å². The normalized spacial score (nSPS) is 13.4. The molecule has 0 rings (SSSR count). The summed E-state index contributed by atoms with van der Waals surface area (Å²) in [5.74, 6) is 1.26. The minimum atomic E-state index is -3.28. The van der Waals surface area contributed by atoms with E-state index in [9.17, 15) is 9.36 Å². The molecule has 0 bridgehead atoms. The van der Waals surface area contributed by atoms with E-state index in [-0.39, 0.29) is 18.5 Å². The molecule has 1 atom stereocenters. The zero-order chi connectivity index (χ0) is 22.0. The Morgan fingerprint density at radius 2 is 1.59 bits per heavy atom. The highest BCUT2D eigenvalue weighted by molar-refractivity contribution is 8.56. The van der Waals surface area contributed by atoms with E-state index in [1.165, 1.54) is 67.4 Å². The first-order chi connectivity index (χ1) is 13.9. The second kappa shape index (κ2) is 18.8. The van der Waals surface area contributed by atoms with Crippen molar-refractivity contribution in [2.45, 2.75) is 91.9 Å². The van der Waals surface area contributed by atoms with Gasteiger partial charge in [0.2, 0.25) is 0 Å². The molecular weight excluding hydrogens is 427 g/mol. The van der Waals surface area contributed by atoms with Crippen molar-refractivity contribution < 1.29 is 13.9 Å². The molecule has 1 unspecified atom stereocenters. The fourth-order valence-electron chi connectivity index (χ4n) is 2.90. The number of rotatable bonds is 19. The number of carbonyl (C=O) groups excluding carboxylic acids is 1. The van der Waals surface area contributed by atoms with Crippen LogP contribution in [0.4, 0.5) is 4.79 Å². The van der Waals surface area contributed by atoms with Crippen molar-refractivity contribution in [1.82, 2.24) is 9.99 Å². The predicted molar refractivity (Wildman–Crippen MR) is 129 cm³/mol. The number of nitrogens with one attached hydrogen (secondary N) is 1. The van der Waals surface area contributed by atoms with Gasteiger partial charge in [0, 0.05) is 24.7 Å². The van der Waals surface area contributed by atoms with Crippen LogP contribution in [0.15, 0.2) is 0 Å². The van der Waals surface area contributed by atoms with Gasteiger partial charge < -0.3 is 9.84 Å². The molecule has 8 heteroatoms. The molecule has 0 aliphatic rings. The van der Waals surface area contributed by atoms with Crippen LogP contribution in [0.1, 0.15) is 91.9 Å². The first kappa shape index (κ1) is 29.1. The molecule has 0 spiro atoms. The van der Waals surface area contributed by atoms with E-state index in [4.69, 9.17) is 16.1 Å². The standard InChI is InChI=1S/C21H44ClN2O3PS/c1-5-7-8-9-10-11-12-13-14-15-17-23-21(25)24(18-16-22)28(26,27-6-2)29-19-20(3)4/h20H,5-19H2,1-4H3,(H,23,25). The highest BCUT2D eigenvalue weighted by Crippen LogP contribution is 2.62. The molecule has 0 saturated carbocycles. The summed E-state index contributed by atoms with van der Waals surface area (Å²) < 4.78 is 20.2. The minimum Gasteiger partial charge on any atom is -0.338 e. The summed E-state index contributed by atoms with van der Waals surface area (Å²) in [6.07, 6.45) is 12.5. The second-order valence-electron chi connectivity index (χ2n) is 7.80. The average molecular weight is 471 g/mol. The number of unbranched alkanes of at least 4 members (excludes halogenated alkanes) is 9. The molecule has 29 heavy (non-hydrogen) atoms. The van der Waals surface area contributed by atoms with Gasteiger partial charge in [-0.05, 0) is 30.6 Å². The number of urea groups is 1. The number of nitrogens with zero attached hydrogens (tertiary/aromatic N) is 1. The molecule has 0 aliphatic carbocycles. The fraction of sp³-hybridized carbons (Fsp3) is 0.952. The van der Waals surface area contributed by atoms with Crippen LogP contribution in [0.3, 0.4) is 0 Å². The number of amides is 2. The third-order valence-corrected chi connectivity index (χ3v) is 9.70. The smallest absolute Gasteiger partial charge is 0.338 e. The van der Waals surface area contributed by atoms with Gasteiger partial charge in [-0.25, -0.2) is 9.46 Å². The molecule has 0 aromatic carbocycles. The van der Waals surface area contributed by atoms with Gasteiger partial charge in [-0.2, -0.15) is 0 Å². The monoisotopic (exact) mass is 470 g/mol. The SMILES string of the molecule is CCCCCCCCCCCCNC(=O)N(CCCl)P(=O)(OCC)SCC(C)C. The van der Waals surface area contributed by atoms with Crippen LogP contribution in [0.2, 0.25) is 0 Å². The zero-order valence-corrected chi connectivity index (χ0v) is 21.6. The van der Waals surface area contributed by atoms with Crippen molar-refractivity contribution in [3.8, 4) is 0 Å². The first-order valence-corrected chi connectivity index (χ1v) is 15.1. The molecule has 0 aromatic rings. The molecule has 0 aromatic heterocycles. The Hall–Kier alpha value is 0.100. The fourth-order valence-corrected chi connectivity index (χ4v) is 7.87. The molecule has 1 N–H and O–H groups in total. The Morgan fingerprint density at radius 1 is 1.03 bits per heavy atom. The van der Waals surface area contributed by atoms with Crippen molar-refractivity contribution in [3.63, 3.8) is 0 Å². The van der Waals surface area contributed by atoms with Crippen molar-refractivity contribution >= 4 is 35.7 Å². The molecular formula is C21H44ClN2O3PS. The highest BCUT2D eigenvalue weighted by Gasteiger charge is 2.36. The molecule has 0 radical (unpaired) electrons. The lowest BCUT2D eigenvalue weighted by atomic mass is 10.1. The van der Waals surface area contributed by atoms with E-state index in [1.54, 1.807) is 6.92 Å². The Kier molecular flexibility index (Phi) is 18.9. The number of halogens is 1. The van der Waals surface area contributed by atoms with Crippen LogP contribution in [-0.2, 0) is 9.09 Å². The van der Waals surface area contributed by atoms with Gasteiger partial charge in [-0.1, -0.05) is 78.6 Å². The van der Waals surface area contributed by atoms with E-state index in [1.807, 2.05) is 0 Å². The van der Waals surface area contributed by atoms with Crippen molar-refractivity contribution in [3.05, 3.63) is 0 Å². The Morgan fingerprint density at radius 3 is 2.07 bits per heavy atom. The van der Waals surface area contributed by atoms with Gasteiger partial charge in [0.15, 0.2) is 0 Å². The summed E-state index contributed by atoms with van der Waals surface area (Å²) in [4.78, 5) is 12.7.